The van der Waals surface area contributed by atoms with Crippen molar-refractivity contribution in [2.45, 2.75) is 56.1 Å². The highest BCUT2D eigenvalue weighted by atomic mass is 32.2. The topological polar surface area (TPSA) is 122 Å². The number of amides is 2. The van der Waals surface area contributed by atoms with Crippen LogP contribution in [0.15, 0.2) is 48.5 Å². The zero-order valence-electron chi connectivity index (χ0n) is 23.3. The Balaban J connectivity index is 1.59. The van der Waals surface area contributed by atoms with Gasteiger partial charge in [0.2, 0.25) is 15.9 Å². The molecule has 1 aliphatic heterocycles. The number of carbonyl (C=O) groups is 2. The van der Waals surface area contributed by atoms with Gasteiger partial charge in [-0.25, -0.2) is 26.9 Å². The van der Waals surface area contributed by atoms with Crippen LogP contribution < -0.4 is 11.1 Å². The van der Waals surface area contributed by atoms with Crippen LogP contribution in [-0.4, -0.2) is 80.7 Å². The maximum atomic E-state index is 14.0. The van der Waals surface area contributed by atoms with Gasteiger partial charge in [-0.3, -0.25) is 4.79 Å². The Morgan fingerprint density at radius 1 is 1.05 bits per heavy atom. The Morgan fingerprint density at radius 3 is 2.17 bits per heavy atom. The highest BCUT2D eigenvalue weighted by Crippen LogP contribution is 2.37. The van der Waals surface area contributed by atoms with E-state index in [1.54, 1.807) is 0 Å². The number of imide groups is 1. The number of halogens is 2. The van der Waals surface area contributed by atoms with Gasteiger partial charge in [-0.15, -0.1) is 0 Å². The molecule has 2 amide bonds. The highest BCUT2D eigenvalue weighted by Gasteiger charge is 2.43. The van der Waals surface area contributed by atoms with Gasteiger partial charge < -0.3 is 15.8 Å². The van der Waals surface area contributed by atoms with E-state index in [0.29, 0.717) is 50.0 Å². The van der Waals surface area contributed by atoms with Gasteiger partial charge in [0.25, 0.3) is 0 Å². The molecule has 0 bridgehead atoms. The number of nitrogens with one attached hydrogen (secondary N) is 1. The minimum absolute atomic E-state index is 0.0660. The maximum absolute atomic E-state index is 14.0. The predicted molar refractivity (Wildman–Crippen MR) is 150 cm³/mol. The van der Waals surface area contributed by atoms with Crippen molar-refractivity contribution in [1.29, 1.82) is 0 Å². The highest BCUT2D eigenvalue weighted by molar-refractivity contribution is 7.88. The van der Waals surface area contributed by atoms with E-state index >= 15 is 0 Å². The lowest BCUT2D eigenvalue weighted by molar-refractivity contribution is -0.133. The molecule has 9 nitrogen and oxygen atoms in total. The first-order valence-corrected chi connectivity index (χ1v) is 15.7. The van der Waals surface area contributed by atoms with E-state index in [9.17, 15) is 26.8 Å². The fraction of sp³-hybridized carbons (Fsp3) is 0.517. The van der Waals surface area contributed by atoms with Gasteiger partial charge in [0.05, 0.1) is 19.4 Å². The van der Waals surface area contributed by atoms with Crippen molar-refractivity contribution < 1.29 is 31.5 Å². The third-order valence-corrected chi connectivity index (χ3v) is 9.59. The Morgan fingerprint density at radius 2 is 1.63 bits per heavy atom. The summed E-state index contributed by atoms with van der Waals surface area (Å²) in [5.41, 5.74) is 7.68. The van der Waals surface area contributed by atoms with Gasteiger partial charge in [-0.05, 0) is 67.0 Å². The van der Waals surface area contributed by atoms with E-state index < -0.39 is 51.7 Å². The number of benzene rings is 2. The summed E-state index contributed by atoms with van der Waals surface area (Å²) in [5.74, 6) is -2.42. The SMILES string of the molecule is COC(=O)N(C(=O)[C@@H](N)C(c1ccc(F)cc1)c1ccc(F)cc1)C1CCCC1CC[C@H]1CNCCN1S(C)(=O)=O. The van der Waals surface area contributed by atoms with Crippen LogP contribution in [0.3, 0.4) is 0 Å². The molecule has 0 spiro atoms. The summed E-state index contributed by atoms with van der Waals surface area (Å²) in [7, 11) is -2.17. The molecule has 2 aliphatic rings. The first-order valence-electron chi connectivity index (χ1n) is 13.9. The second kappa shape index (κ2) is 13.4. The molecule has 2 aromatic rings. The van der Waals surface area contributed by atoms with Gasteiger partial charge in [-0.1, -0.05) is 30.7 Å². The van der Waals surface area contributed by atoms with Gasteiger partial charge in [0.15, 0.2) is 0 Å². The van der Waals surface area contributed by atoms with E-state index in [1.165, 1.54) is 66.2 Å². The van der Waals surface area contributed by atoms with Crippen LogP contribution in [0.1, 0.15) is 49.1 Å². The van der Waals surface area contributed by atoms with Gasteiger partial charge in [-0.2, -0.15) is 4.31 Å². The minimum Gasteiger partial charge on any atom is -0.452 e. The van der Waals surface area contributed by atoms with E-state index in [0.717, 1.165) is 17.7 Å². The number of rotatable bonds is 9. The molecule has 1 saturated carbocycles. The fourth-order valence-corrected chi connectivity index (χ4v) is 7.41. The van der Waals surface area contributed by atoms with Crippen LogP contribution in [0.5, 0.6) is 0 Å². The standard InChI is InChI=1S/C29H38F2N4O5S/c1-40-29(37)35(25-5-3-4-19(25)10-15-24-18-33-16-17-34(24)41(2,38)39)28(36)27(32)26(20-6-11-22(30)12-7-20)21-8-13-23(31)14-9-21/h6-9,11-14,19,24-27,33H,3-5,10,15-18,32H2,1-2H3/t19?,24-,25?,27-/m0/s1. The molecule has 41 heavy (non-hydrogen) atoms. The molecule has 1 aliphatic carbocycles. The van der Waals surface area contributed by atoms with Crippen LogP contribution in [0.2, 0.25) is 0 Å². The largest absolute Gasteiger partial charge is 0.452 e. The van der Waals surface area contributed by atoms with E-state index in [-0.39, 0.29) is 12.0 Å². The number of nitrogens with two attached hydrogens (primary N) is 1. The van der Waals surface area contributed by atoms with Crippen molar-refractivity contribution in [3.05, 3.63) is 71.3 Å². The van der Waals surface area contributed by atoms with Gasteiger partial charge in [0, 0.05) is 37.6 Å². The number of nitrogens with zero attached hydrogens (tertiary/aromatic N) is 2. The number of ether oxygens (including phenoxy) is 1. The smallest absolute Gasteiger partial charge is 0.416 e. The van der Waals surface area contributed by atoms with Crippen molar-refractivity contribution in [3.63, 3.8) is 0 Å². The van der Waals surface area contributed by atoms with Gasteiger partial charge >= 0.3 is 6.09 Å². The summed E-state index contributed by atoms with van der Waals surface area (Å²) < 4.78 is 58.7. The number of carbonyl (C=O) groups excluding carboxylic acids is 2. The van der Waals surface area contributed by atoms with E-state index in [4.69, 9.17) is 10.5 Å². The van der Waals surface area contributed by atoms with Crippen LogP contribution in [0.4, 0.5) is 13.6 Å². The molecule has 2 unspecified atom stereocenters. The zero-order chi connectivity index (χ0) is 29.7. The zero-order valence-corrected chi connectivity index (χ0v) is 24.2. The molecule has 1 heterocycles. The molecular weight excluding hydrogens is 554 g/mol. The first-order chi connectivity index (χ1) is 19.5. The van der Waals surface area contributed by atoms with E-state index in [1.807, 2.05) is 0 Å². The van der Waals surface area contributed by atoms with Crippen LogP contribution in [-0.2, 0) is 19.6 Å². The Kier molecular flexibility index (Phi) is 10.1. The molecule has 1 saturated heterocycles. The fourth-order valence-electron chi connectivity index (χ4n) is 6.26. The van der Waals surface area contributed by atoms with Crippen LogP contribution in [0.25, 0.3) is 0 Å². The number of piperazine rings is 1. The summed E-state index contributed by atoms with van der Waals surface area (Å²) >= 11 is 0. The molecule has 12 heteroatoms. The molecule has 0 aromatic heterocycles. The Labute approximate surface area is 240 Å². The third kappa shape index (κ3) is 7.29. The van der Waals surface area contributed by atoms with Crippen molar-refractivity contribution in [2.75, 3.05) is 33.0 Å². The average molecular weight is 593 g/mol. The quantitative estimate of drug-likeness (QED) is 0.459. The molecule has 224 valence electrons. The van der Waals surface area contributed by atoms with Crippen molar-refractivity contribution in [2.24, 2.45) is 11.7 Å². The molecule has 4 atom stereocenters. The molecule has 3 N–H and O–H groups in total. The van der Waals surface area contributed by atoms with Crippen LogP contribution in [0, 0.1) is 17.6 Å². The average Bonchev–Trinajstić information content (AvgIpc) is 3.41. The van der Waals surface area contributed by atoms with Gasteiger partial charge in [0.1, 0.15) is 11.6 Å². The summed E-state index contributed by atoms with van der Waals surface area (Å²) in [4.78, 5) is 28.2. The number of hydrogen-bond acceptors (Lipinski definition) is 7. The minimum atomic E-state index is -3.37. The second-order valence-electron chi connectivity index (χ2n) is 10.9. The van der Waals surface area contributed by atoms with E-state index in [2.05, 4.69) is 5.32 Å². The third-order valence-electron chi connectivity index (χ3n) is 8.25. The lowest BCUT2D eigenvalue weighted by atomic mass is 9.84. The van der Waals surface area contributed by atoms with Crippen molar-refractivity contribution >= 4 is 22.0 Å². The molecular formula is C29H38F2N4O5S. The lowest BCUT2D eigenvalue weighted by Crippen LogP contribution is -2.55. The number of sulfonamides is 1. The van der Waals surface area contributed by atoms with Crippen molar-refractivity contribution in [1.82, 2.24) is 14.5 Å². The molecule has 2 aromatic carbocycles. The second-order valence-corrected chi connectivity index (χ2v) is 12.8. The Bertz CT molecular complexity index is 1260. The maximum Gasteiger partial charge on any atom is 0.416 e. The predicted octanol–water partition coefficient (Wildman–Crippen LogP) is 3.20. The summed E-state index contributed by atoms with van der Waals surface area (Å²) in [6, 6.07) is 9.15. The summed E-state index contributed by atoms with van der Waals surface area (Å²) in [5, 5.41) is 3.25. The molecule has 0 radical (unpaired) electrons. The first kappa shape index (κ1) is 31.0. The summed E-state index contributed by atoms with van der Waals surface area (Å²) in [6.07, 6.45) is 3.68. The summed E-state index contributed by atoms with van der Waals surface area (Å²) in [6.45, 7) is 1.51. The number of methoxy groups -OCH3 is 1. The van der Waals surface area contributed by atoms with Crippen molar-refractivity contribution in [3.8, 4) is 0 Å². The van der Waals surface area contributed by atoms with Crippen LogP contribution >= 0.6 is 0 Å². The molecule has 4 rings (SSSR count). The Hall–Kier alpha value is -2.93. The normalized spacial score (nSPS) is 22.4. The molecule has 2 fully saturated rings. The monoisotopic (exact) mass is 592 g/mol. The number of hydrogen-bond donors (Lipinski definition) is 2. The lowest BCUT2D eigenvalue weighted by Gasteiger charge is -2.37.